The molecule has 21 heavy (non-hydrogen) atoms. The number of hydrogen-bond donors (Lipinski definition) is 2. The number of anilines is 1. The van der Waals surface area contributed by atoms with Crippen LogP contribution in [0.3, 0.4) is 0 Å². The number of piperidine rings is 1. The molecular weight excluding hydrogens is 268 g/mol. The number of amides is 1. The fourth-order valence-electron chi connectivity index (χ4n) is 3.05. The summed E-state index contributed by atoms with van der Waals surface area (Å²) in [6, 6.07) is 4.27. The maximum absolute atomic E-state index is 12.7. The monoisotopic (exact) mass is 290 g/mol. The molecule has 114 valence electrons. The van der Waals surface area contributed by atoms with E-state index in [0.29, 0.717) is 17.8 Å². The Balaban J connectivity index is 2.35. The molecule has 0 radical (unpaired) electrons. The standard InChI is InChI=1S/C16H22N2O3/c1-10-9-11(5-6-12(10)17)14(19)18-8-4-7-16(2,3)13(18)15(20)21/h5-6,9,13H,4,7-8,17H2,1-3H3,(H,20,21). The molecule has 1 saturated heterocycles. The second kappa shape index (κ2) is 5.39. The summed E-state index contributed by atoms with van der Waals surface area (Å²) in [6.45, 7) is 6.11. The van der Waals surface area contributed by atoms with Crippen LogP contribution in [0.25, 0.3) is 0 Å². The third-order valence-electron chi connectivity index (χ3n) is 4.28. The highest BCUT2D eigenvalue weighted by Crippen LogP contribution is 2.36. The van der Waals surface area contributed by atoms with E-state index in [1.807, 2.05) is 20.8 Å². The first-order chi connectivity index (χ1) is 9.74. The van der Waals surface area contributed by atoms with Crippen molar-refractivity contribution in [2.24, 2.45) is 5.41 Å². The van der Waals surface area contributed by atoms with Crippen molar-refractivity contribution in [1.82, 2.24) is 4.90 Å². The second-order valence-electron chi connectivity index (χ2n) is 6.40. The number of rotatable bonds is 2. The minimum absolute atomic E-state index is 0.238. The first-order valence-electron chi connectivity index (χ1n) is 7.14. The SMILES string of the molecule is Cc1cc(C(=O)N2CCCC(C)(C)C2C(=O)O)ccc1N. The number of nitrogens with two attached hydrogens (primary N) is 1. The molecule has 1 aliphatic rings. The molecule has 1 fully saturated rings. The number of benzene rings is 1. The molecule has 0 saturated carbocycles. The Morgan fingerprint density at radius 2 is 2.05 bits per heavy atom. The number of likely N-dealkylation sites (tertiary alicyclic amines) is 1. The molecule has 0 aromatic heterocycles. The molecule has 1 atom stereocenters. The zero-order valence-electron chi connectivity index (χ0n) is 12.7. The van der Waals surface area contributed by atoms with E-state index in [4.69, 9.17) is 5.73 Å². The number of nitrogen functional groups attached to an aromatic ring is 1. The van der Waals surface area contributed by atoms with Crippen LogP contribution in [0.5, 0.6) is 0 Å². The molecule has 1 aromatic carbocycles. The third-order valence-corrected chi connectivity index (χ3v) is 4.28. The normalized spacial score (nSPS) is 21.1. The first-order valence-corrected chi connectivity index (χ1v) is 7.14. The first kappa shape index (κ1) is 15.4. The fraction of sp³-hybridized carbons (Fsp3) is 0.500. The van der Waals surface area contributed by atoms with Gasteiger partial charge in [-0.3, -0.25) is 4.79 Å². The van der Waals surface area contributed by atoms with Gasteiger partial charge in [0.1, 0.15) is 6.04 Å². The van der Waals surface area contributed by atoms with E-state index < -0.39 is 17.4 Å². The molecule has 3 N–H and O–H groups in total. The molecule has 0 spiro atoms. The van der Waals surface area contributed by atoms with Gasteiger partial charge in [-0.05, 0) is 48.9 Å². The zero-order chi connectivity index (χ0) is 15.8. The van der Waals surface area contributed by atoms with Crippen LogP contribution in [-0.4, -0.2) is 34.5 Å². The highest BCUT2D eigenvalue weighted by Gasteiger charge is 2.44. The van der Waals surface area contributed by atoms with Crippen LogP contribution in [0.4, 0.5) is 5.69 Å². The summed E-state index contributed by atoms with van der Waals surface area (Å²) in [5.41, 5.74) is 7.28. The molecule has 0 bridgehead atoms. The number of aryl methyl sites for hydroxylation is 1. The molecular formula is C16H22N2O3. The maximum atomic E-state index is 12.7. The lowest BCUT2D eigenvalue weighted by molar-refractivity contribution is -0.148. The number of carbonyl (C=O) groups is 2. The van der Waals surface area contributed by atoms with Crippen LogP contribution in [0.2, 0.25) is 0 Å². The minimum atomic E-state index is -0.944. The van der Waals surface area contributed by atoms with Crippen molar-refractivity contribution in [2.45, 2.75) is 39.7 Å². The minimum Gasteiger partial charge on any atom is -0.480 e. The zero-order valence-corrected chi connectivity index (χ0v) is 12.7. The van der Waals surface area contributed by atoms with Crippen molar-refractivity contribution >= 4 is 17.6 Å². The largest absolute Gasteiger partial charge is 0.480 e. The summed E-state index contributed by atoms with van der Waals surface area (Å²) in [6.07, 6.45) is 1.62. The van der Waals surface area contributed by atoms with Gasteiger partial charge in [-0.15, -0.1) is 0 Å². The highest BCUT2D eigenvalue weighted by atomic mass is 16.4. The van der Waals surface area contributed by atoms with Gasteiger partial charge in [0.05, 0.1) is 0 Å². The Kier molecular flexibility index (Phi) is 3.94. The molecule has 2 rings (SSSR count). The molecule has 1 aliphatic heterocycles. The Hall–Kier alpha value is -2.04. The van der Waals surface area contributed by atoms with Gasteiger partial charge in [0.25, 0.3) is 5.91 Å². The van der Waals surface area contributed by atoms with Gasteiger partial charge in [0.2, 0.25) is 0 Å². The number of hydrogen-bond acceptors (Lipinski definition) is 3. The average molecular weight is 290 g/mol. The fourth-order valence-corrected chi connectivity index (χ4v) is 3.05. The lowest BCUT2D eigenvalue weighted by Gasteiger charge is -2.44. The van der Waals surface area contributed by atoms with Gasteiger partial charge in [0.15, 0.2) is 0 Å². The summed E-state index contributed by atoms with van der Waals surface area (Å²) < 4.78 is 0. The lowest BCUT2D eigenvalue weighted by atomic mass is 9.76. The van der Waals surface area contributed by atoms with E-state index >= 15 is 0 Å². The Morgan fingerprint density at radius 3 is 2.62 bits per heavy atom. The summed E-state index contributed by atoms with van der Waals surface area (Å²) in [7, 11) is 0. The topological polar surface area (TPSA) is 83.6 Å². The van der Waals surface area contributed by atoms with Crippen LogP contribution >= 0.6 is 0 Å². The van der Waals surface area contributed by atoms with E-state index in [-0.39, 0.29) is 5.91 Å². The summed E-state index contributed by atoms with van der Waals surface area (Å²) >= 11 is 0. The lowest BCUT2D eigenvalue weighted by Crippen LogP contribution is -2.56. The predicted octanol–water partition coefficient (Wildman–Crippen LogP) is 2.29. The van der Waals surface area contributed by atoms with Crippen LogP contribution in [0, 0.1) is 12.3 Å². The highest BCUT2D eigenvalue weighted by molar-refractivity contribution is 5.97. The van der Waals surface area contributed by atoms with Crippen LogP contribution in [0.1, 0.15) is 42.6 Å². The van der Waals surface area contributed by atoms with Crippen molar-refractivity contribution in [1.29, 1.82) is 0 Å². The van der Waals surface area contributed by atoms with Crippen molar-refractivity contribution in [3.05, 3.63) is 29.3 Å². The van der Waals surface area contributed by atoms with Gasteiger partial charge < -0.3 is 15.7 Å². The van der Waals surface area contributed by atoms with E-state index in [1.165, 1.54) is 4.90 Å². The van der Waals surface area contributed by atoms with Gasteiger partial charge in [-0.1, -0.05) is 13.8 Å². The summed E-state index contributed by atoms with van der Waals surface area (Å²) in [4.78, 5) is 25.8. The van der Waals surface area contributed by atoms with Crippen molar-refractivity contribution < 1.29 is 14.7 Å². The van der Waals surface area contributed by atoms with E-state index in [2.05, 4.69) is 0 Å². The predicted molar refractivity (Wildman–Crippen MR) is 81.1 cm³/mol. The smallest absolute Gasteiger partial charge is 0.326 e. The third kappa shape index (κ3) is 2.86. The van der Waals surface area contributed by atoms with Crippen molar-refractivity contribution in [3.63, 3.8) is 0 Å². The number of carboxylic acid groups (broad SMARTS) is 1. The summed E-state index contributed by atoms with van der Waals surface area (Å²) in [5.74, 6) is -1.18. The number of carboxylic acids is 1. The van der Waals surface area contributed by atoms with E-state index in [0.717, 1.165) is 18.4 Å². The van der Waals surface area contributed by atoms with Gasteiger partial charge >= 0.3 is 5.97 Å². The van der Waals surface area contributed by atoms with Gasteiger partial charge in [0, 0.05) is 17.8 Å². The molecule has 5 nitrogen and oxygen atoms in total. The molecule has 1 heterocycles. The quantitative estimate of drug-likeness (QED) is 0.819. The maximum Gasteiger partial charge on any atom is 0.326 e. The van der Waals surface area contributed by atoms with E-state index in [1.54, 1.807) is 18.2 Å². The Bertz CT molecular complexity index is 581. The number of aliphatic carboxylic acids is 1. The second-order valence-corrected chi connectivity index (χ2v) is 6.40. The molecule has 5 heteroatoms. The Labute approximate surface area is 124 Å². The molecule has 1 amide bonds. The average Bonchev–Trinajstić information content (AvgIpc) is 2.39. The summed E-state index contributed by atoms with van der Waals surface area (Å²) in [5, 5.41) is 9.52. The van der Waals surface area contributed by atoms with Gasteiger partial charge in [-0.25, -0.2) is 4.79 Å². The Morgan fingerprint density at radius 1 is 1.38 bits per heavy atom. The van der Waals surface area contributed by atoms with E-state index in [9.17, 15) is 14.7 Å². The number of carbonyl (C=O) groups excluding carboxylic acids is 1. The molecule has 0 aliphatic carbocycles. The van der Waals surface area contributed by atoms with Crippen molar-refractivity contribution in [2.75, 3.05) is 12.3 Å². The number of nitrogens with zero attached hydrogens (tertiary/aromatic N) is 1. The molecule has 1 unspecified atom stereocenters. The molecule has 1 aromatic rings. The van der Waals surface area contributed by atoms with Gasteiger partial charge in [-0.2, -0.15) is 0 Å². The van der Waals surface area contributed by atoms with Crippen LogP contribution < -0.4 is 5.73 Å². The van der Waals surface area contributed by atoms with Crippen LogP contribution in [-0.2, 0) is 4.79 Å². The van der Waals surface area contributed by atoms with Crippen molar-refractivity contribution in [3.8, 4) is 0 Å². The van der Waals surface area contributed by atoms with Crippen LogP contribution in [0.15, 0.2) is 18.2 Å².